The van der Waals surface area contributed by atoms with Gasteiger partial charge in [-0.25, -0.2) is 0 Å². The molecule has 0 bridgehead atoms. The van der Waals surface area contributed by atoms with Gasteiger partial charge in [0.25, 0.3) is 0 Å². The smallest absolute Gasteiger partial charge is 0.0583 e. The second kappa shape index (κ2) is 1.97. The number of rotatable bonds is 1. The molecule has 0 atom stereocenters. The quantitative estimate of drug-likeness (QED) is 0.536. The molecular formula is C8H10N2. The summed E-state index contributed by atoms with van der Waals surface area (Å²) in [4.78, 5) is 6.37. The van der Waals surface area contributed by atoms with Gasteiger partial charge in [0.2, 0.25) is 0 Å². The van der Waals surface area contributed by atoms with E-state index in [-0.39, 0.29) is 0 Å². The molecule has 0 radical (unpaired) electrons. The van der Waals surface area contributed by atoms with Gasteiger partial charge in [0.1, 0.15) is 0 Å². The fourth-order valence-electron chi connectivity index (χ4n) is 1.08. The third-order valence-electron chi connectivity index (χ3n) is 1.80. The minimum absolute atomic E-state index is 1.20. The lowest BCUT2D eigenvalue weighted by Crippen LogP contribution is -1.93. The van der Waals surface area contributed by atoms with E-state index in [4.69, 9.17) is 0 Å². The van der Waals surface area contributed by atoms with Gasteiger partial charge in [0.15, 0.2) is 0 Å². The summed E-state index contributed by atoms with van der Waals surface area (Å²) in [6.45, 7) is 4.52. The molecule has 10 heavy (non-hydrogen) atoms. The van der Waals surface area contributed by atoms with Gasteiger partial charge in [-0.1, -0.05) is 0 Å². The van der Waals surface area contributed by atoms with Crippen molar-refractivity contribution in [3.63, 3.8) is 0 Å². The van der Waals surface area contributed by atoms with Crippen LogP contribution in [0.3, 0.4) is 0 Å². The van der Waals surface area contributed by atoms with Crippen LogP contribution in [0.2, 0.25) is 0 Å². The molecule has 0 aromatic carbocycles. The Bertz CT molecular complexity index is 241. The highest BCUT2D eigenvalue weighted by atomic mass is 15.3. The molecule has 2 heteroatoms. The second-order valence-corrected chi connectivity index (χ2v) is 2.65. The van der Waals surface area contributed by atoms with Crippen LogP contribution < -0.4 is 4.90 Å². The molecule has 1 aliphatic heterocycles. The molecule has 2 nitrogen and oxygen atoms in total. The van der Waals surface area contributed by atoms with Crippen molar-refractivity contribution in [3.05, 3.63) is 24.0 Å². The number of hydrogen-bond donors (Lipinski definition) is 0. The lowest BCUT2D eigenvalue weighted by atomic mass is 10.2. The first-order chi connectivity index (χ1) is 4.88. The van der Waals surface area contributed by atoms with Gasteiger partial charge < -0.3 is 4.90 Å². The SMILES string of the molecule is Cc1ccncc1N1CC1. The predicted molar refractivity (Wildman–Crippen MR) is 41.2 cm³/mol. The summed E-state index contributed by atoms with van der Waals surface area (Å²) >= 11 is 0. The highest BCUT2D eigenvalue weighted by molar-refractivity contribution is 5.55. The van der Waals surface area contributed by atoms with E-state index in [1.807, 2.05) is 18.5 Å². The summed E-state index contributed by atoms with van der Waals surface area (Å²) in [6.07, 6.45) is 3.77. The van der Waals surface area contributed by atoms with Crippen molar-refractivity contribution in [2.24, 2.45) is 0 Å². The van der Waals surface area contributed by atoms with Gasteiger partial charge in [-0.3, -0.25) is 4.98 Å². The van der Waals surface area contributed by atoms with E-state index in [0.29, 0.717) is 0 Å². The monoisotopic (exact) mass is 134 g/mol. The summed E-state index contributed by atoms with van der Waals surface area (Å²) in [5.41, 5.74) is 2.62. The molecule has 1 saturated heterocycles. The number of nitrogens with zero attached hydrogens (tertiary/aromatic N) is 2. The molecule has 52 valence electrons. The molecule has 2 rings (SSSR count). The molecule has 1 fully saturated rings. The maximum absolute atomic E-state index is 4.07. The Morgan fingerprint density at radius 1 is 1.50 bits per heavy atom. The Balaban J connectivity index is 2.39. The third-order valence-corrected chi connectivity index (χ3v) is 1.80. The van der Waals surface area contributed by atoms with Crippen LogP contribution in [0.4, 0.5) is 5.69 Å². The second-order valence-electron chi connectivity index (χ2n) is 2.65. The minimum Gasteiger partial charge on any atom is -0.367 e. The van der Waals surface area contributed by atoms with Crippen molar-refractivity contribution < 1.29 is 0 Å². The average Bonchev–Trinajstić information content (AvgIpc) is 2.71. The van der Waals surface area contributed by atoms with Gasteiger partial charge in [-0.15, -0.1) is 0 Å². The zero-order chi connectivity index (χ0) is 6.97. The normalized spacial score (nSPS) is 15.5. The third kappa shape index (κ3) is 0.856. The van der Waals surface area contributed by atoms with Crippen LogP contribution in [0.1, 0.15) is 5.56 Å². The molecule has 2 heterocycles. The highest BCUT2D eigenvalue weighted by Gasteiger charge is 2.18. The summed E-state index contributed by atoms with van der Waals surface area (Å²) in [7, 11) is 0. The number of hydrogen-bond acceptors (Lipinski definition) is 2. The van der Waals surface area contributed by atoms with Crippen LogP contribution in [0.15, 0.2) is 18.5 Å². The Labute approximate surface area is 60.5 Å². The number of aryl methyl sites for hydroxylation is 1. The topological polar surface area (TPSA) is 15.9 Å². The Morgan fingerprint density at radius 3 is 2.90 bits per heavy atom. The van der Waals surface area contributed by atoms with E-state index >= 15 is 0 Å². The zero-order valence-corrected chi connectivity index (χ0v) is 6.04. The fourth-order valence-corrected chi connectivity index (χ4v) is 1.08. The number of anilines is 1. The molecule has 1 aromatic rings. The van der Waals surface area contributed by atoms with Gasteiger partial charge in [-0.2, -0.15) is 0 Å². The molecule has 1 aliphatic rings. The first kappa shape index (κ1) is 5.71. The van der Waals surface area contributed by atoms with Gasteiger partial charge in [0, 0.05) is 19.3 Å². The van der Waals surface area contributed by atoms with Crippen molar-refractivity contribution in [3.8, 4) is 0 Å². The molecule has 0 saturated carbocycles. The van der Waals surface area contributed by atoms with E-state index in [0.717, 1.165) is 0 Å². The van der Waals surface area contributed by atoms with E-state index in [2.05, 4.69) is 16.8 Å². The molecule has 1 aromatic heterocycles. The fraction of sp³-hybridized carbons (Fsp3) is 0.375. The van der Waals surface area contributed by atoms with Crippen LogP contribution in [0, 0.1) is 6.92 Å². The first-order valence-corrected chi connectivity index (χ1v) is 3.53. The Kier molecular flexibility index (Phi) is 1.13. The van der Waals surface area contributed by atoms with Gasteiger partial charge in [-0.05, 0) is 18.6 Å². The Morgan fingerprint density at radius 2 is 2.30 bits per heavy atom. The van der Waals surface area contributed by atoms with E-state index in [1.165, 1.54) is 24.3 Å². The zero-order valence-electron chi connectivity index (χ0n) is 6.04. The summed E-state index contributed by atoms with van der Waals surface area (Å²) in [5, 5.41) is 0. The molecule has 0 N–H and O–H groups in total. The van der Waals surface area contributed by atoms with Crippen LogP contribution in [-0.4, -0.2) is 18.1 Å². The van der Waals surface area contributed by atoms with Crippen LogP contribution in [0.5, 0.6) is 0 Å². The van der Waals surface area contributed by atoms with E-state index in [9.17, 15) is 0 Å². The van der Waals surface area contributed by atoms with Crippen molar-refractivity contribution in [1.82, 2.24) is 4.98 Å². The van der Waals surface area contributed by atoms with Crippen LogP contribution in [0.25, 0.3) is 0 Å². The molecule has 0 amide bonds. The number of aromatic nitrogens is 1. The van der Waals surface area contributed by atoms with Crippen LogP contribution >= 0.6 is 0 Å². The summed E-state index contributed by atoms with van der Waals surface area (Å²) < 4.78 is 0. The molecule has 0 spiro atoms. The van der Waals surface area contributed by atoms with Gasteiger partial charge >= 0.3 is 0 Å². The highest BCUT2D eigenvalue weighted by Crippen LogP contribution is 2.22. The lowest BCUT2D eigenvalue weighted by molar-refractivity contribution is 1.23. The average molecular weight is 134 g/mol. The molecule has 0 unspecified atom stereocenters. The Hall–Kier alpha value is -1.05. The predicted octanol–water partition coefficient (Wildman–Crippen LogP) is 1.21. The summed E-state index contributed by atoms with van der Waals surface area (Å²) in [5.74, 6) is 0. The molecule has 0 aliphatic carbocycles. The van der Waals surface area contributed by atoms with E-state index in [1.54, 1.807) is 0 Å². The standard InChI is InChI=1S/C8H10N2/c1-7-2-3-9-6-8(7)10-4-5-10/h2-3,6H,4-5H2,1H3. The van der Waals surface area contributed by atoms with E-state index < -0.39 is 0 Å². The largest absolute Gasteiger partial charge is 0.367 e. The maximum atomic E-state index is 4.07. The maximum Gasteiger partial charge on any atom is 0.0583 e. The first-order valence-electron chi connectivity index (χ1n) is 3.53. The molecular weight excluding hydrogens is 124 g/mol. The minimum atomic E-state index is 1.20. The summed E-state index contributed by atoms with van der Waals surface area (Å²) in [6, 6.07) is 2.05. The van der Waals surface area contributed by atoms with Crippen molar-refractivity contribution in [2.45, 2.75) is 6.92 Å². The van der Waals surface area contributed by atoms with Crippen molar-refractivity contribution in [2.75, 3.05) is 18.0 Å². The van der Waals surface area contributed by atoms with Crippen molar-refractivity contribution in [1.29, 1.82) is 0 Å². The number of pyridine rings is 1. The lowest BCUT2D eigenvalue weighted by Gasteiger charge is -2.03. The van der Waals surface area contributed by atoms with Crippen molar-refractivity contribution >= 4 is 5.69 Å². The van der Waals surface area contributed by atoms with Crippen LogP contribution in [-0.2, 0) is 0 Å². The van der Waals surface area contributed by atoms with Gasteiger partial charge in [0.05, 0.1) is 11.9 Å².